The van der Waals surface area contributed by atoms with Crippen molar-refractivity contribution < 1.29 is 5.11 Å². The van der Waals surface area contributed by atoms with Crippen molar-refractivity contribution in [3.05, 3.63) is 29.3 Å². The van der Waals surface area contributed by atoms with Gasteiger partial charge in [0.2, 0.25) is 0 Å². The minimum absolute atomic E-state index is 0.267. The highest BCUT2D eigenvalue weighted by Gasteiger charge is 2.11. The highest BCUT2D eigenvalue weighted by atomic mass is 32.2. The van der Waals surface area contributed by atoms with Gasteiger partial charge in [0.1, 0.15) is 0 Å². The normalized spacial score (nSPS) is 15.8. The van der Waals surface area contributed by atoms with Crippen molar-refractivity contribution in [3.8, 4) is 0 Å². The Balaban J connectivity index is 1.73. The molecule has 0 radical (unpaired) electrons. The molecule has 0 spiro atoms. The van der Waals surface area contributed by atoms with E-state index in [9.17, 15) is 5.11 Å². The molecule has 0 aromatic heterocycles. The van der Waals surface area contributed by atoms with Gasteiger partial charge < -0.3 is 10.4 Å². The molecule has 1 atom stereocenters. The number of benzene rings is 1. The number of nitrogens with one attached hydrogen (secondary N) is 1. The number of rotatable bonds is 7. The van der Waals surface area contributed by atoms with E-state index in [1.807, 2.05) is 0 Å². The Morgan fingerprint density at radius 1 is 1.21 bits per heavy atom. The summed E-state index contributed by atoms with van der Waals surface area (Å²) in [7, 11) is 0. The fourth-order valence-corrected chi connectivity index (χ4v) is 3.32. The first-order valence-electron chi connectivity index (χ1n) is 7.28. The third-order valence-corrected chi connectivity index (χ3v) is 4.58. The summed E-state index contributed by atoms with van der Waals surface area (Å²) < 4.78 is 0. The SMILES string of the molecule is CC(C)CNCC(O)CSc1ccc2c(c1)CCC2. The molecule has 0 saturated heterocycles. The van der Waals surface area contributed by atoms with Crippen LogP contribution in [0.1, 0.15) is 31.4 Å². The Labute approximate surface area is 121 Å². The van der Waals surface area contributed by atoms with Crippen molar-refractivity contribution in [3.63, 3.8) is 0 Å². The van der Waals surface area contributed by atoms with Gasteiger partial charge in [0, 0.05) is 17.2 Å². The average molecular weight is 279 g/mol. The largest absolute Gasteiger partial charge is 0.391 e. The lowest BCUT2D eigenvalue weighted by atomic mass is 10.1. The molecule has 19 heavy (non-hydrogen) atoms. The Morgan fingerprint density at radius 3 is 2.79 bits per heavy atom. The van der Waals surface area contributed by atoms with E-state index in [1.165, 1.54) is 35.3 Å². The Kier molecular flexibility index (Phi) is 5.74. The number of thioether (sulfide) groups is 1. The van der Waals surface area contributed by atoms with Crippen LogP contribution in [0.4, 0.5) is 0 Å². The quantitative estimate of drug-likeness (QED) is 0.753. The first-order valence-corrected chi connectivity index (χ1v) is 8.27. The zero-order chi connectivity index (χ0) is 13.7. The van der Waals surface area contributed by atoms with E-state index in [4.69, 9.17) is 0 Å². The van der Waals surface area contributed by atoms with E-state index in [-0.39, 0.29) is 6.10 Å². The summed E-state index contributed by atoms with van der Waals surface area (Å²) in [6.45, 7) is 6.02. The van der Waals surface area contributed by atoms with Crippen LogP contribution in [0.3, 0.4) is 0 Å². The molecule has 1 unspecified atom stereocenters. The topological polar surface area (TPSA) is 32.3 Å². The lowest BCUT2D eigenvalue weighted by molar-refractivity contribution is 0.194. The molecule has 2 nitrogen and oxygen atoms in total. The number of hydrogen-bond donors (Lipinski definition) is 2. The average Bonchev–Trinajstić information content (AvgIpc) is 2.83. The van der Waals surface area contributed by atoms with Crippen LogP contribution in [0.2, 0.25) is 0 Å². The number of aryl methyl sites for hydroxylation is 2. The van der Waals surface area contributed by atoms with Crippen LogP contribution < -0.4 is 5.32 Å². The van der Waals surface area contributed by atoms with E-state index >= 15 is 0 Å². The van der Waals surface area contributed by atoms with Gasteiger partial charge in [-0.3, -0.25) is 0 Å². The van der Waals surface area contributed by atoms with Crippen molar-refractivity contribution in [2.24, 2.45) is 5.92 Å². The van der Waals surface area contributed by atoms with E-state index < -0.39 is 0 Å². The van der Waals surface area contributed by atoms with Crippen molar-refractivity contribution >= 4 is 11.8 Å². The monoisotopic (exact) mass is 279 g/mol. The van der Waals surface area contributed by atoms with Gasteiger partial charge in [0.25, 0.3) is 0 Å². The van der Waals surface area contributed by atoms with Crippen molar-refractivity contribution in [1.29, 1.82) is 0 Å². The van der Waals surface area contributed by atoms with E-state index in [0.717, 1.165) is 12.3 Å². The van der Waals surface area contributed by atoms with Crippen LogP contribution in [0.5, 0.6) is 0 Å². The summed E-state index contributed by atoms with van der Waals surface area (Å²) in [5.41, 5.74) is 3.03. The molecule has 1 aromatic rings. The van der Waals surface area contributed by atoms with Crippen LogP contribution in [0.25, 0.3) is 0 Å². The summed E-state index contributed by atoms with van der Waals surface area (Å²) in [4.78, 5) is 1.29. The maximum atomic E-state index is 9.93. The molecule has 0 saturated carbocycles. The lowest BCUT2D eigenvalue weighted by Crippen LogP contribution is -2.30. The summed E-state index contributed by atoms with van der Waals surface area (Å²) >= 11 is 1.76. The third-order valence-electron chi connectivity index (χ3n) is 3.44. The molecule has 3 heteroatoms. The number of fused-ring (bicyclic) bond motifs is 1. The Bertz CT molecular complexity index is 406. The Morgan fingerprint density at radius 2 is 2.00 bits per heavy atom. The van der Waals surface area contributed by atoms with Crippen molar-refractivity contribution in [1.82, 2.24) is 5.32 Å². The first kappa shape index (κ1) is 14.9. The number of hydrogen-bond acceptors (Lipinski definition) is 3. The summed E-state index contributed by atoms with van der Waals surface area (Å²) in [5, 5.41) is 13.2. The Hall–Kier alpha value is -0.510. The molecule has 1 aromatic carbocycles. The van der Waals surface area contributed by atoms with E-state index in [1.54, 1.807) is 11.8 Å². The maximum Gasteiger partial charge on any atom is 0.0758 e. The van der Waals surface area contributed by atoms with Crippen LogP contribution in [-0.4, -0.2) is 30.1 Å². The smallest absolute Gasteiger partial charge is 0.0758 e. The predicted molar refractivity (Wildman–Crippen MR) is 82.9 cm³/mol. The molecule has 2 rings (SSSR count). The molecule has 0 amide bonds. The summed E-state index contributed by atoms with van der Waals surface area (Å²) in [5.74, 6) is 1.40. The zero-order valence-corrected chi connectivity index (χ0v) is 12.8. The molecule has 0 heterocycles. The lowest BCUT2D eigenvalue weighted by Gasteiger charge is -2.13. The van der Waals surface area contributed by atoms with Crippen molar-refractivity contribution in [2.75, 3.05) is 18.8 Å². The molecule has 0 fully saturated rings. The minimum atomic E-state index is -0.267. The van der Waals surface area contributed by atoms with Gasteiger partial charge in [-0.15, -0.1) is 11.8 Å². The minimum Gasteiger partial charge on any atom is -0.391 e. The van der Waals surface area contributed by atoms with Crippen molar-refractivity contribution in [2.45, 2.75) is 44.1 Å². The fourth-order valence-electron chi connectivity index (χ4n) is 2.43. The van der Waals surface area contributed by atoms with Gasteiger partial charge in [-0.1, -0.05) is 19.9 Å². The van der Waals surface area contributed by atoms with Gasteiger partial charge in [-0.2, -0.15) is 0 Å². The highest BCUT2D eigenvalue weighted by Crippen LogP contribution is 2.27. The third kappa shape index (κ3) is 4.83. The molecule has 1 aliphatic rings. The summed E-state index contributed by atoms with van der Waals surface area (Å²) in [6.07, 6.45) is 3.49. The highest BCUT2D eigenvalue weighted by molar-refractivity contribution is 7.99. The van der Waals surface area contributed by atoms with E-state index in [2.05, 4.69) is 37.4 Å². The van der Waals surface area contributed by atoms with Crippen LogP contribution in [0.15, 0.2) is 23.1 Å². The van der Waals surface area contributed by atoms with Gasteiger partial charge in [-0.25, -0.2) is 0 Å². The van der Waals surface area contributed by atoms with Crippen LogP contribution >= 0.6 is 11.8 Å². The second-order valence-electron chi connectivity index (χ2n) is 5.80. The van der Waals surface area contributed by atoms with Crippen LogP contribution in [-0.2, 0) is 12.8 Å². The predicted octanol–water partition coefficient (Wildman–Crippen LogP) is 2.87. The van der Waals surface area contributed by atoms with Gasteiger partial charge >= 0.3 is 0 Å². The number of aliphatic hydroxyl groups excluding tert-OH is 1. The molecule has 0 aliphatic heterocycles. The molecular formula is C16H25NOS. The standard InChI is InChI=1S/C16H25NOS/c1-12(2)9-17-10-15(18)11-19-16-7-6-13-4-3-5-14(13)8-16/h6-8,12,15,17-18H,3-5,9-11H2,1-2H3. The van der Waals surface area contributed by atoms with Gasteiger partial charge in [0.15, 0.2) is 0 Å². The molecule has 1 aliphatic carbocycles. The van der Waals surface area contributed by atoms with Gasteiger partial charge in [0.05, 0.1) is 6.10 Å². The molecular weight excluding hydrogens is 254 g/mol. The van der Waals surface area contributed by atoms with Crippen LogP contribution in [0, 0.1) is 5.92 Å². The fraction of sp³-hybridized carbons (Fsp3) is 0.625. The summed E-state index contributed by atoms with van der Waals surface area (Å²) in [6, 6.07) is 6.76. The van der Waals surface area contributed by atoms with Gasteiger partial charge in [-0.05, 0) is 55.0 Å². The second kappa shape index (κ2) is 7.32. The number of aliphatic hydroxyl groups is 1. The second-order valence-corrected chi connectivity index (χ2v) is 6.89. The maximum absolute atomic E-state index is 9.93. The molecule has 2 N–H and O–H groups in total. The molecule has 0 bridgehead atoms. The zero-order valence-electron chi connectivity index (χ0n) is 12.0. The molecule has 106 valence electrons. The first-order chi connectivity index (χ1) is 9.15. The van der Waals surface area contributed by atoms with E-state index in [0.29, 0.717) is 12.5 Å².